The molecule has 11 nitrogen and oxygen atoms in total. The van der Waals surface area contributed by atoms with Crippen molar-refractivity contribution in [3.8, 4) is 22.5 Å². The molecule has 1 aliphatic rings. The third-order valence-electron chi connectivity index (χ3n) is 7.43. The average molecular weight is 582 g/mol. The molecule has 1 amide bonds. The van der Waals surface area contributed by atoms with Gasteiger partial charge in [-0.1, -0.05) is 24.9 Å². The second-order valence-corrected chi connectivity index (χ2v) is 10.7. The molecule has 4 aromatic heterocycles. The number of fused-ring (bicyclic) bond motifs is 4. The van der Waals surface area contributed by atoms with Crippen molar-refractivity contribution in [3.05, 3.63) is 94.8 Å². The number of rotatable bonds is 4. The number of amides is 1. The van der Waals surface area contributed by atoms with Crippen LogP contribution in [0.5, 0.6) is 0 Å². The molecule has 5 aromatic rings. The lowest BCUT2D eigenvalue weighted by atomic mass is 9.97. The van der Waals surface area contributed by atoms with E-state index in [0.717, 1.165) is 17.0 Å². The highest BCUT2D eigenvalue weighted by Gasteiger charge is 2.24. The predicted octanol–water partition coefficient (Wildman–Crippen LogP) is 5.24. The molecule has 2 bridgehead atoms. The van der Waals surface area contributed by atoms with Crippen molar-refractivity contribution >= 4 is 34.7 Å². The summed E-state index contributed by atoms with van der Waals surface area (Å²) < 4.78 is 3.33. The Labute approximate surface area is 246 Å². The van der Waals surface area contributed by atoms with Gasteiger partial charge in [-0.25, -0.2) is 15.0 Å². The van der Waals surface area contributed by atoms with Gasteiger partial charge < -0.3 is 10.6 Å². The molecule has 0 radical (unpaired) electrons. The number of benzene rings is 1. The van der Waals surface area contributed by atoms with Gasteiger partial charge in [-0.15, -0.1) is 0 Å². The molecule has 0 fully saturated rings. The van der Waals surface area contributed by atoms with Crippen LogP contribution in [0, 0.1) is 5.92 Å². The Kier molecular flexibility index (Phi) is 7.49. The number of hydrogen-bond donors (Lipinski definition) is 2. The fraction of sp³-hybridized carbons (Fsp3) is 0.233. The van der Waals surface area contributed by atoms with E-state index >= 15 is 0 Å². The predicted molar refractivity (Wildman–Crippen MR) is 160 cm³/mol. The molecular weight excluding hydrogens is 554 g/mol. The van der Waals surface area contributed by atoms with Crippen molar-refractivity contribution in [3.63, 3.8) is 0 Å². The number of hydrogen-bond acceptors (Lipinski definition) is 8. The molecular formula is C30H28ClN9O2. The van der Waals surface area contributed by atoms with Crippen LogP contribution >= 0.6 is 11.6 Å². The second-order valence-electron chi connectivity index (χ2n) is 10.3. The first-order chi connectivity index (χ1) is 20.4. The summed E-state index contributed by atoms with van der Waals surface area (Å²) in [4.78, 5) is 44.2. The summed E-state index contributed by atoms with van der Waals surface area (Å²) in [5.41, 5.74) is 4.56. The molecule has 0 saturated heterocycles. The first kappa shape index (κ1) is 27.3. The Hall–Kier alpha value is -4.90. The van der Waals surface area contributed by atoms with Crippen LogP contribution in [0.15, 0.2) is 78.5 Å². The minimum absolute atomic E-state index is 0.0632. The number of carbonyl (C=O) groups excluding carboxylic acids is 1. The Morgan fingerprint density at radius 3 is 2.71 bits per heavy atom. The minimum atomic E-state index is -0.386. The van der Waals surface area contributed by atoms with Crippen molar-refractivity contribution in [2.24, 2.45) is 13.0 Å². The van der Waals surface area contributed by atoms with E-state index in [0.29, 0.717) is 52.7 Å². The maximum Gasteiger partial charge on any atom is 0.254 e. The van der Waals surface area contributed by atoms with Gasteiger partial charge in [-0.2, -0.15) is 5.10 Å². The summed E-state index contributed by atoms with van der Waals surface area (Å²) in [6.45, 7) is 1.91. The molecule has 5 heterocycles. The number of nitrogens with one attached hydrogen (secondary N) is 2. The van der Waals surface area contributed by atoms with E-state index in [9.17, 15) is 9.59 Å². The van der Waals surface area contributed by atoms with Crippen LogP contribution in [0.3, 0.4) is 0 Å². The zero-order chi connectivity index (χ0) is 29.2. The second kappa shape index (κ2) is 11.5. The summed E-state index contributed by atoms with van der Waals surface area (Å²) in [6.07, 6.45) is 9.98. The highest BCUT2D eigenvalue weighted by molar-refractivity contribution is 6.31. The number of aromatic nitrogens is 7. The van der Waals surface area contributed by atoms with Crippen LogP contribution in [0.1, 0.15) is 37.9 Å². The number of pyridine rings is 1. The molecule has 1 aliphatic heterocycles. The van der Waals surface area contributed by atoms with Crippen LogP contribution in [-0.2, 0) is 11.8 Å². The van der Waals surface area contributed by atoms with Crippen LogP contribution in [0.2, 0.25) is 5.02 Å². The van der Waals surface area contributed by atoms with Gasteiger partial charge in [0, 0.05) is 53.3 Å². The molecule has 0 spiro atoms. The number of carbonyl (C=O) groups is 1. The molecule has 0 saturated carbocycles. The van der Waals surface area contributed by atoms with Crippen molar-refractivity contribution in [1.29, 1.82) is 0 Å². The van der Waals surface area contributed by atoms with Gasteiger partial charge in [-0.3, -0.25) is 23.8 Å². The fourth-order valence-corrected chi connectivity index (χ4v) is 5.39. The molecule has 0 unspecified atom stereocenters. The van der Waals surface area contributed by atoms with Gasteiger partial charge in [0.2, 0.25) is 5.91 Å². The molecule has 2 N–H and O–H groups in total. The lowest BCUT2D eigenvalue weighted by molar-refractivity contribution is -0.119. The number of aryl methyl sites for hydroxylation is 1. The van der Waals surface area contributed by atoms with Gasteiger partial charge in [-0.05, 0) is 49.2 Å². The van der Waals surface area contributed by atoms with Gasteiger partial charge in [0.1, 0.15) is 12.1 Å². The van der Waals surface area contributed by atoms with Crippen molar-refractivity contribution in [2.45, 2.75) is 32.2 Å². The lowest BCUT2D eigenvalue weighted by Gasteiger charge is -2.22. The zero-order valence-corrected chi connectivity index (χ0v) is 23.8. The van der Waals surface area contributed by atoms with Crippen LogP contribution in [0.25, 0.3) is 22.5 Å². The third-order valence-corrected chi connectivity index (χ3v) is 7.66. The number of halogens is 1. The van der Waals surface area contributed by atoms with E-state index < -0.39 is 0 Å². The van der Waals surface area contributed by atoms with E-state index in [2.05, 4.69) is 30.7 Å². The lowest BCUT2D eigenvalue weighted by Crippen LogP contribution is -2.27. The smallest absolute Gasteiger partial charge is 0.254 e. The van der Waals surface area contributed by atoms with Crippen molar-refractivity contribution in [2.75, 3.05) is 10.6 Å². The number of nitrogens with zero attached hydrogens (tertiary/aromatic N) is 7. The maximum absolute atomic E-state index is 13.7. The first-order valence-corrected chi connectivity index (χ1v) is 14.0. The molecule has 42 heavy (non-hydrogen) atoms. The Morgan fingerprint density at radius 2 is 1.90 bits per heavy atom. The summed E-state index contributed by atoms with van der Waals surface area (Å²) in [6, 6.07) is 12.0. The topological polar surface area (TPSA) is 133 Å². The highest BCUT2D eigenvalue weighted by atomic mass is 35.5. The van der Waals surface area contributed by atoms with Gasteiger partial charge >= 0.3 is 0 Å². The normalized spacial score (nSPS) is 17.0. The summed E-state index contributed by atoms with van der Waals surface area (Å²) >= 11 is 6.34. The largest absolute Gasteiger partial charge is 0.340 e. The maximum atomic E-state index is 13.7. The molecule has 2 atom stereocenters. The van der Waals surface area contributed by atoms with E-state index in [1.807, 2.05) is 32.2 Å². The van der Waals surface area contributed by atoms with Gasteiger partial charge in [0.05, 0.1) is 41.3 Å². The summed E-state index contributed by atoms with van der Waals surface area (Å²) in [5.74, 6) is 0.317. The molecule has 0 aliphatic carbocycles. The van der Waals surface area contributed by atoms with Gasteiger partial charge in [0.15, 0.2) is 0 Å². The van der Waals surface area contributed by atoms with E-state index in [-0.39, 0.29) is 23.4 Å². The molecule has 12 heteroatoms. The first-order valence-electron chi connectivity index (χ1n) is 13.6. The Morgan fingerprint density at radius 1 is 1.02 bits per heavy atom. The van der Waals surface area contributed by atoms with Crippen molar-refractivity contribution < 1.29 is 4.79 Å². The SMILES string of the molecule is C[C@@H]1CCC[C@H](n2cnc(-c3cc(Cl)ccc3Nc3ccncn3)cc2=O)c2cc(ccn2)-c2c(cnn2C)NC1=O. The monoisotopic (exact) mass is 581 g/mol. The Bertz CT molecular complexity index is 1820. The Balaban J connectivity index is 1.40. The average Bonchev–Trinajstić information content (AvgIpc) is 3.36. The van der Waals surface area contributed by atoms with Crippen LogP contribution in [0.4, 0.5) is 17.2 Å². The fourth-order valence-electron chi connectivity index (χ4n) is 5.21. The third kappa shape index (κ3) is 5.51. The number of anilines is 3. The van der Waals surface area contributed by atoms with E-state index in [4.69, 9.17) is 16.6 Å². The quantitative estimate of drug-likeness (QED) is 0.294. The van der Waals surface area contributed by atoms with E-state index in [1.165, 1.54) is 12.4 Å². The molecule has 1 aromatic carbocycles. The van der Waals surface area contributed by atoms with Gasteiger partial charge in [0.25, 0.3) is 5.56 Å². The molecule has 212 valence electrons. The van der Waals surface area contributed by atoms with E-state index in [1.54, 1.807) is 52.4 Å². The highest BCUT2D eigenvalue weighted by Crippen LogP contribution is 2.34. The van der Waals surface area contributed by atoms with Crippen LogP contribution < -0.4 is 16.2 Å². The summed E-state index contributed by atoms with van der Waals surface area (Å²) in [7, 11) is 1.83. The standard InChI is InChI=1S/C30H28ClN9O2/c1-18-4-3-5-26(24-12-19(8-11-33-24)29-25(38-30(18)42)15-36-39(29)2)40-17-35-23(14-28(40)41)21-13-20(31)6-7-22(21)37-27-9-10-32-16-34-27/h6-18,26H,3-5H2,1-2H3,(H,38,42)(H,32,34,37)/t18-,26+/m1/s1. The van der Waals surface area contributed by atoms with Crippen molar-refractivity contribution in [1.82, 2.24) is 34.3 Å². The zero-order valence-electron chi connectivity index (χ0n) is 23.0. The van der Waals surface area contributed by atoms with Crippen LogP contribution in [-0.4, -0.2) is 40.2 Å². The summed E-state index contributed by atoms with van der Waals surface area (Å²) in [5, 5.41) is 11.2. The minimum Gasteiger partial charge on any atom is -0.340 e. The molecule has 6 rings (SSSR count).